The van der Waals surface area contributed by atoms with Crippen molar-refractivity contribution in [3.8, 4) is 17.2 Å². The predicted molar refractivity (Wildman–Crippen MR) is 120 cm³/mol. The first kappa shape index (κ1) is 21.5. The second-order valence-corrected chi connectivity index (χ2v) is 7.91. The summed E-state index contributed by atoms with van der Waals surface area (Å²) in [6.45, 7) is 3.55. The molecule has 1 N–H and O–H groups in total. The maximum Gasteiger partial charge on any atom is 0.205 e. The van der Waals surface area contributed by atoms with Gasteiger partial charge >= 0.3 is 0 Å². The molecule has 1 atom stereocenters. The van der Waals surface area contributed by atoms with E-state index in [9.17, 15) is 5.11 Å². The molecule has 0 radical (unpaired) electrons. The smallest absolute Gasteiger partial charge is 0.205 e. The Morgan fingerprint density at radius 3 is 2.45 bits per heavy atom. The first-order valence-corrected chi connectivity index (χ1v) is 10.9. The average molecular weight is 426 g/mol. The Hall–Kier alpha value is -2.70. The fourth-order valence-corrected chi connectivity index (χ4v) is 4.36. The van der Waals surface area contributed by atoms with Crippen LogP contribution in [0.25, 0.3) is 11.0 Å². The molecule has 2 heterocycles. The number of fused-ring (bicyclic) bond motifs is 1. The standard InChI is InChI=1S/C25H31NO5/c1-28-22-19-12-16-30-23(19)25(29-2)24(31-17-15-26-13-6-7-14-26)21(22)20(27)11-10-18-8-4-3-5-9-18/h3-5,8-9,12,16,20,27H,6-7,10-11,13-15,17H2,1-2H3. The van der Waals surface area contributed by atoms with Gasteiger partial charge < -0.3 is 23.7 Å². The van der Waals surface area contributed by atoms with Gasteiger partial charge in [0.05, 0.1) is 37.5 Å². The lowest BCUT2D eigenvalue weighted by atomic mass is 9.97. The van der Waals surface area contributed by atoms with Crippen LogP contribution in [0.1, 0.15) is 36.5 Å². The fourth-order valence-electron chi connectivity index (χ4n) is 4.36. The topological polar surface area (TPSA) is 64.3 Å². The lowest BCUT2D eigenvalue weighted by Gasteiger charge is -2.23. The molecule has 0 aliphatic carbocycles. The van der Waals surface area contributed by atoms with Crippen molar-refractivity contribution in [2.75, 3.05) is 40.5 Å². The van der Waals surface area contributed by atoms with Crippen molar-refractivity contribution in [2.24, 2.45) is 0 Å². The van der Waals surface area contributed by atoms with E-state index in [1.807, 2.05) is 24.3 Å². The number of aliphatic hydroxyl groups is 1. The molecule has 0 amide bonds. The molecule has 1 fully saturated rings. The number of aryl methyl sites for hydroxylation is 1. The Morgan fingerprint density at radius 1 is 1.00 bits per heavy atom. The summed E-state index contributed by atoms with van der Waals surface area (Å²) in [4.78, 5) is 2.39. The summed E-state index contributed by atoms with van der Waals surface area (Å²) < 4.78 is 23.4. The Bertz CT molecular complexity index is 978. The highest BCUT2D eigenvalue weighted by molar-refractivity contribution is 5.93. The molecular formula is C25H31NO5. The zero-order valence-corrected chi connectivity index (χ0v) is 18.3. The molecule has 0 spiro atoms. The zero-order chi connectivity index (χ0) is 21.6. The minimum absolute atomic E-state index is 0.496. The molecule has 1 saturated heterocycles. The number of hydrogen-bond donors (Lipinski definition) is 1. The van der Waals surface area contributed by atoms with E-state index >= 15 is 0 Å². The van der Waals surface area contributed by atoms with Crippen molar-refractivity contribution in [2.45, 2.75) is 31.8 Å². The zero-order valence-electron chi connectivity index (χ0n) is 18.3. The molecule has 3 aromatic rings. The van der Waals surface area contributed by atoms with Gasteiger partial charge in [-0.3, -0.25) is 4.90 Å². The quantitative estimate of drug-likeness (QED) is 0.513. The van der Waals surface area contributed by atoms with Gasteiger partial charge in [-0.15, -0.1) is 0 Å². The second-order valence-electron chi connectivity index (χ2n) is 7.91. The van der Waals surface area contributed by atoms with Crippen molar-refractivity contribution >= 4 is 11.0 Å². The number of methoxy groups -OCH3 is 2. The van der Waals surface area contributed by atoms with E-state index in [2.05, 4.69) is 17.0 Å². The van der Waals surface area contributed by atoms with Crippen molar-refractivity contribution < 1.29 is 23.7 Å². The minimum Gasteiger partial charge on any atom is -0.495 e. The van der Waals surface area contributed by atoms with Crippen LogP contribution in [0.5, 0.6) is 17.2 Å². The Labute approximate surface area is 183 Å². The van der Waals surface area contributed by atoms with Gasteiger partial charge in [-0.2, -0.15) is 0 Å². The molecule has 166 valence electrons. The van der Waals surface area contributed by atoms with Gasteiger partial charge in [0.2, 0.25) is 5.75 Å². The molecule has 1 aromatic heterocycles. The number of rotatable bonds is 10. The number of nitrogens with zero attached hydrogens (tertiary/aromatic N) is 1. The van der Waals surface area contributed by atoms with E-state index in [-0.39, 0.29) is 0 Å². The SMILES string of the molecule is COc1c(C(O)CCc2ccccc2)c(OCCN2CCCC2)c(OC)c2occc12. The lowest BCUT2D eigenvalue weighted by Crippen LogP contribution is -2.25. The summed E-state index contributed by atoms with van der Waals surface area (Å²) in [5.41, 5.74) is 2.36. The van der Waals surface area contributed by atoms with Crippen molar-refractivity contribution in [1.29, 1.82) is 0 Å². The largest absolute Gasteiger partial charge is 0.495 e. The number of aliphatic hydroxyl groups excluding tert-OH is 1. The van der Waals surface area contributed by atoms with E-state index in [0.717, 1.165) is 31.4 Å². The monoisotopic (exact) mass is 425 g/mol. The van der Waals surface area contributed by atoms with Gasteiger partial charge in [-0.25, -0.2) is 0 Å². The predicted octanol–water partition coefficient (Wildman–Crippen LogP) is 4.59. The normalized spacial score (nSPS) is 15.3. The van der Waals surface area contributed by atoms with Gasteiger partial charge in [-0.05, 0) is 50.4 Å². The van der Waals surface area contributed by atoms with Crippen LogP contribution in [0.15, 0.2) is 47.1 Å². The maximum atomic E-state index is 11.2. The highest BCUT2D eigenvalue weighted by Crippen LogP contribution is 2.49. The number of ether oxygens (including phenoxy) is 3. The number of benzene rings is 2. The van der Waals surface area contributed by atoms with Crippen LogP contribution in [0.2, 0.25) is 0 Å². The van der Waals surface area contributed by atoms with Gasteiger partial charge in [-0.1, -0.05) is 30.3 Å². The van der Waals surface area contributed by atoms with Gasteiger partial charge in [0.25, 0.3) is 0 Å². The Balaban J connectivity index is 1.65. The molecule has 2 aromatic carbocycles. The summed E-state index contributed by atoms with van der Waals surface area (Å²) >= 11 is 0. The van der Waals surface area contributed by atoms with Gasteiger partial charge in [0.1, 0.15) is 12.4 Å². The number of furan rings is 1. The highest BCUT2D eigenvalue weighted by Gasteiger charge is 2.29. The Morgan fingerprint density at radius 2 is 1.74 bits per heavy atom. The third-order valence-corrected chi connectivity index (χ3v) is 5.95. The molecule has 1 unspecified atom stereocenters. The van der Waals surface area contributed by atoms with Crippen molar-refractivity contribution in [3.05, 3.63) is 53.8 Å². The highest BCUT2D eigenvalue weighted by atomic mass is 16.5. The summed E-state index contributed by atoms with van der Waals surface area (Å²) in [6, 6.07) is 12.0. The summed E-state index contributed by atoms with van der Waals surface area (Å²) in [7, 11) is 3.20. The third kappa shape index (κ3) is 4.65. The van der Waals surface area contributed by atoms with E-state index in [1.54, 1.807) is 20.5 Å². The summed E-state index contributed by atoms with van der Waals surface area (Å²) in [6.07, 6.45) is 4.58. The number of hydrogen-bond acceptors (Lipinski definition) is 6. The average Bonchev–Trinajstić information content (AvgIpc) is 3.49. The molecule has 1 aliphatic heterocycles. The first-order valence-electron chi connectivity index (χ1n) is 10.9. The van der Waals surface area contributed by atoms with Crippen LogP contribution in [-0.2, 0) is 6.42 Å². The van der Waals surface area contributed by atoms with Crippen LogP contribution < -0.4 is 14.2 Å². The van der Waals surface area contributed by atoms with Crippen LogP contribution >= 0.6 is 0 Å². The van der Waals surface area contributed by atoms with E-state index in [4.69, 9.17) is 18.6 Å². The van der Waals surface area contributed by atoms with Crippen LogP contribution in [0.4, 0.5) is 0 Å². The number of likely N-dealkylation sites (tertiary alicyclic amines) is 1. The third-order valence-electron chi connectivity index (χ3n) is 5.95. The van der Waals surface area contributed by atoms with E-state index in [1.165, 1.54) is 18.4 Å². The summed E-state index contributed by atoms with van der Waals surface area (Å²) in [5.74, 6) is 1.57. The van der Waals surface area contributed by atoms with Crippen LogP contribution in [0, 0.1) is 0 Å². The summed E-state index contributed by atoms with van der Waals surface area (Å²) in [5, 5.41) is 12.0. The molecule has 1 aliphatic rings. The first-order chi connectivity index (χ1) is 15.2. The maximum absolute atomic E-state index is 11.2. The molecule has 6 heteroatoms. The molecular weight excluding hydrogens is 394 g/mol. The van der Waals surface area contributed by atoms with Crippen LogP contribution in [-0.4, -0.2) is 50.5 Å². The van der Waals surface area contributed by atoms with Crippen LogP contribution in [0.3, 0.4) is 0 Å². The minimum atomic E-state index is -0.773. The van der Waals surface area contributed by atoms with Crippen molar-refractivity contribution in [1.82, 2.24) is 4.90 Å². The van der Waals surface area contributed by atoms with Gasteiger partial charge in [0, 0.05) is 6.54 Å². The van der Waals surface area contributed by atoms with Crippen molar-refractivity contribution in [3.63, 3.8) is 0 Å². The van der Waals surface area contributed by atoms with Gasteiger partial charge in [0.15, 0.2) is 11.3 Å². The molecule has 31 heavy (non-hydrogen) atoms. The molecule has 6 nitrogen and oxygen atoms in total. The van der Waals surface area contributed by atoms with E-state index < -0.39 is 6.10 Å². The fraction of sp³-hybridized carbons (Fsp3) is 0.440. The molecule has 4 rings (SSSR count). The second kappa shape index (κ2) is 10.1. The molecule has 0 saturated carbocycles. The lowest BCUT2D eigenvalue weighted by molar-refractivity contribution is 0.154. The van der Waals surface area contributed by atoms with E-state index in [0.29, 0.717) is 41.4 Å². The molecule has 0 bridgehead atoms. The Kier molecular flexibility index (Phi) is 6.99.